The number of methoxy groups -OCH3 is 1. The second-order valence-corrected chi connectivity index (χ2v) is 2.82. The first-order chi connectivity index (χ1) is 5.13. The number of nitrogens with zero attached hydrogens (tertiary/aromatic N) is 1. The van der Waals surface area contributed by atoms with Gasteiger partial charge in [-0.15, -0.1) is 0 Å². The predicted octanol–water partition coefficient (Wildman–Crippen LogP) is 0.258. The molecule has 0 N–H and O–H groups in total. The number of hydrogen-bond acceptors (Lipinski definition) is 3. The third kappa shape index (κ3) is 3.47. The summed E-state index contributed by atoms with van der Waals surface area (Å²) in [4.78, 5) is 14.8. The summed E-state index contributed by atoms with van der Waals surface area (Å²) in [6, 6.07) is -0.429. The molecule has 0 aromatic heterocycles. The SMILES string of the molecule is COC(=O)[C@@H](N=C=[Se])C(C)C. The van der Waals surface area contributed by atoms with Crippen LogP contribution in [0, 0.1) is 5.92 Å². The van der Waals surface area contributed by atoms with Crippen LogP contribution in [-0.4, -0.2) is 39.4 Å². The Bertz CT molecular complexity index is 185. The molecular weight excluding hydrogens is 209 g/mol. The van der Waals surface area contributed by atoms with Crippen molar-refractivity contribution in [3.63, 3.8) is 0 Å². The van der Waals surface area contributed by atoms with Gasteiger partial charge in [0.2, 0.25) is 0 Å². The molecule has 4 heteroatoms. The van der Waals surface area contributed by atoms with Gasteiger partial charge in [-0.2, -0.15) is 0 Å². The van der Waals surface area contributed by atoms with Gasteiger partial charge in [0.05, 0.1) is 0 Å². The van der Waals surface area contributed by atoms with Gasteiger partial charge in [0.15, 0.2) is 0 Å². The van der Waals surface area contributed by atoms with E-state index >= 15 is 0 Å². The van der Waals surface area contributed by atoms with Gasteiger partial charge < -0.3 is 0 Å². The van der Waals surface area contributed by atoms with Gasteiger partial charge in [-0.25, -0.2) is 0 Å². The topological polar surface area (TPSA) is 38.7 Å². The van der Waals surface area contributed by atoms with E-state index in [1.807, 2.05) is 13.8 Å². The maximum absolute atomic E-state index is 11.0. The second kappa shape index (κ2) is 5.25. The van der Waals surface area contributed by atoms with Gasteiger partial charge in [-0.05, 0) is 0 Å². The molecule has 11 heavy (non-hydrogen) atoms. The van der Waals surface area contributed by atoms with Crippen LogP contribution >= 0.6 is 0 Å². The van der Waals surface area contributed by atoms with E-state index in [1.165, 1.54) is 7.11 Å². The normalized spacial score (nSPS) is 12.0. The van der Waals surface area contributed by atoms with Crippen LogP contribution < -0.4 is 0 Å². The van der Waals surface area contributed by atoms with Crippen molar-refractivity contribution in [2.45, 2.75) is 19.9 Å². The van der Waals surface area contributed by atoms with E-state index in [1.54, 1.807) is 0 Å². The van der Waals surface area contributed by atoms with Crippen molar-refractivity contribution >= 4 is 26.3 Å². The number of carbonyl (C=O) groups excluding carboxylic acids is 1. The first-order valence-corrected chi connectivity index (χ1v) is 4.14. The van der Waals surface area contributed by atoms with E-state index in [2.05, 4.69) is 30.0 Å². The average Bonchev–Trinajstić information content (AvgIpc) is 1.98. The van der Waals surface area contributed by atoms with E-state index in [9.17, 15) is 4.79 Å². The summed E-state index contributed by atoms with van der Waals surface area (Å²) in [6.45, 7) is 3.81. The minimum atomic E-state index is -0.429. The molecule has 0 aliphatic rings. The Morgan fingerprint density at radius 1 is 1.64 bits per heavy atom. The van der Waals surface area contributed by atoms with E-state index < -0.39 is 6.04 Å². The Kier molecular flexibility index (Phi) is 5.04. The first kappa shape index (κ1) is 10.6. The second-order valence-electron chi connectivity index (χ2n) is 2.43. The molecule has 0 saturated heterocycles. The summed E-state index contributed by atoms with van der Waals surface area (Å²) in [6.07, 6.45) is 0. The van der Waals surface area contributed by atoms with Gasteiger partial charge in [-0.1, -0.05) is 0 Å². The molecule has 0 aromatic rings. The minimum absolute atomic E-state index is 0.142. The molecule has 1 atom stereocenters. The Morgan fingerprint density at radius 3 is 2.45 bits per heavy atom. The molecule has 0 radical (unpaired) electrons. The van der Waals surface area contributed by atoms with Crippen LogP contribution in [0.4, 0.5) is 0 Å². The van der Waals surface area contributed by atoms with Crippen molar-refractivity contribution in [3.05, 3.63) is 0 Å². The first-order valence-electron chi connectivity index (χ1n) is 3.28. The van der Waals surface area contributed by atoms with Crippen molar-refractivity contribution in [2.75, 3.05) is 7.11 Å². The monoisotopic (exact) mass is 221 g/mol. The summed E-state index contributed by atoms with van der Waals surface area (Å²) >= 11 is 2.48. The van der Waals surface area contributed by atoms with Crippen molar-refractivity contribution < 1.29 is 9.53 Å². The Labute approximate surface area is 74.2 Å². The van der Waals surface area contributed by atoms with Crippen LogP contribution in [0.25, 0.3) is 0 Å². The van der Waals surface area contributed by atoms with Crippen molar-refractivity contribution in [1.29, 1.82) is 0 Å². The average molecular weight is 220 g/mol. The molecule has 0 unspecified atom stereocenters. The summed E-state index contributed by atoms with van der Waals surface area (Å²) < 4.78 is 7.00. The van der Waals surface area contributed by atoms with Gasteiger partial charge >= 0.3 is 73.7 Å². The number of aliphatic imine (C=N–C) groups is 1. The molecule has 0 spiro atoms. The van der Waals surface area contributed by atoms with Gasteiger partial charge in [-0.3, -0.25) is 0 Å². The molecule has 3 nitrogen and oxygen atoms in total. The van der Waals surface area contributed by atoms with E-state index in [-0.39, 0.29) is 11.9 Å². The third-order valence-electron chi connectivity index (χ3n) is 1.27. The summed E-state index contributed by atoms with van der Waals surface area (Å²) in [7, 11) is 1.35. The van der Waals surface area contributed by atoms with Crippen LogP contribution in [0.5, 0.6) is 0 Å². The fourth-order valence-electron chi connectivity index (χ4n) is 0.651. The number of esters is 1. The molecule has 0 rings (SSSR count). The van der Waals surface area contributed by atoms with E-state index in [0.717, 1.165) is 0 Å². The fraction of sp³-hybridized carbons (Fsp3) is 0.714. The number of hydrogen-bond donors (Lipinski definition) is 0. The van der Waals surface area contributed by atoms with Crippen LogP contribution in [-0.2, 0) is 9.53 Å². The fourth-order valence-corrected chi connectivity index (χ4v) is 0.890. The van der Waals surface area contributed by atoms with Crippen molar-refractivity contribution in [1.82, 2.24) is 0 Å². The Balaban J connectivity index is 4.33. The molecule has 0 saturated carbocycles. The number of carbonyl (C=O) groups is 1. The van der Waals surface area contributed by atoms with Gasteiger partial charge in [0.25, 0.3) is 0 Å². The summed E-state index contributed by atoms with van der Waals surface area (Å²) in [5, 5.41) is 0. The zero-order valence-electron chi connectivity index (χ0n) is 6.83. The molecule has 0 amide bonds. The third-order valence-corrected chi connectivity index (χ3v) is 1.49. The zero-order chi connectivity index (χ0) is 8.85. The summed E-state index contributed by atoms with van der Waals surface area (Å²) in [5.41, 5.74) is 0. The van der Waals surface area contributed by atoms with Crippen LogP contribution in [0.15, 0.2) is 4.99 Å². The molecule has 0 heterocycles. The molecule has 0 aliphatic carbocycles. The van der Waals surface area contributed by atoms with Gasteiger partial charge in [0, 0.05) is 0 Å². The molecular formula is C7H11NO2Se. The Morgan fingerprint density at radius 2 is 2.18 bits per heavy atom. The summed E-state index contributed by atoms with van der Waals surface area (Å²) in [5.74, 6) is -0.175. The van der Waals surface area contributed by atoms with Gasteiger partial charge in [0.1, 0.15) is 0 Å². The molecule has 0 fully saturated rings. The van der Waals surface area contributed by atoms with E-state index in [0.29, 0.717) is 0 Å². The van der Waals surface area contributed by atoms with Crippen LogP contribution in [0.3, 0.4) is 0 Å². The van der Waals surface area contributed by atoms with E-state index in [4.69, 9.17) is 0 Å². The maximum atomic E-state index is 11.0. The molecule has 0 aliphatic heterocycles. The van der Waals surface area contributed by atoms with Crippen molar-refractivity contribution in [2.24, 2.45) is 10.9 Å². The van der Waals surface area contributed by atoms with Crippen LogP contribution in [0.1, 0.15) is 13.8 Å². The Hall–Kier alpha value is -0.431. The van der Waals surface area contributed by atoms with Crippen molar-refractivity contribution in [3.8, 4) is 0 Å². The number of ether oxygens (including phenoxy) is 1. The number of rotatable bonds is 3. The zero-order valence-corrected chi connectivity index (χ0v) is 8.54. The molecule has 0 aromatic carbocycles. The van der Waals surface area contributed by atoms with Crippen LogP contribution in [0.2, 0.25) is 0 Å². The molecule has 0 bridgehead atoms. The molecule has 62 valence electrons. The quantitative estimate of drug-likeness (QED) is 0.388. The predicted molar refractivity (Wildman–Crippen MR) is 43.8 cm³/mol. The standard InChI is InChI=1S/C7H11NO2Se/c1-5(2)6(8-4-11)7(9)10-3/h5-6H,1-3H3/t6-/m0/s1.